The Kier molecular flexibility index (Phi) is 9.73. The Morgan fingerprint density at radius 3 is 2.17 bits per heavy atom. The molecule has 1 aliphatic heterocycles. The second kappa shape index (κ2) is 14.6. The first-order valence-electron chi connectivity index (χ1n) is 16.1. The molecule has 17 nitrogen and oxygen atoms in total. The molecule has 0 aliphatic carbocycles. The molecule has 6 aromatic rings. The zero-order valence-corrected chi connectivity index (χ0v) is 30.8. The first-order valence-corrected chi connectivity index (χ1v) is 18.6. The number of carbonyl (C=O) groups excluding carboxylic acids is 2. The molecule has 1 fully saturated rings. The largest absolute Gasteiger partial charge is 0.478 e. The molecule has 270 valence electrons. The van der Waals surface area contributed by atoms with Crippen LogP contribution in [0, 0.1) is 13.8 Å². The van der Waals surface area contributed by atoms with E-state index < -0.39 is 23.8 Å². The number of aromatic carboxylic acids is 2. The molecule has 6 aromatic heterocycles. The van der Waals surface area contributed by atoms with E-state index in [-0.39, 0.29) is 49.5 Å². The van der Waals surface area contributed by atoms with Crippen molar-refractivity contribution >= 4 is 75.3 Å². The number of carboxylic acids is 2. The van der Waals surface area contributed by atoms with Crippen LogP contribution in [-0.4, -0.2) is 81.6 Å². The summed E-state index contributed by atoms with van der Waals surface area (Å²) in [5.74, 6) is -2.83. The van der Waals surface area contributed by atoms with E-state index in [1.54, 1.807) is 30.1 Å². The fourth-order valence-corrected chi connectivity index (χ4v) is 8.57. The molecule has 2 amide bonds. The third-order valence-electron chi connectivity index (χ3n) is 8.30. The molecule has 1 saturated heterocycles. The highest BCUT2D eigenvalue weighted by Gasteiger charge is 2.30. The number of hydrogen-bond acceptors (Lipinski definition) is 14. The molecule has 7 heterocycles. The number of carboxylic acid groups (broad SMARTS) is 2. The third kappa shape index (κ3) is 7.10. The van der Waals surface area contributed by atoms with Gasteiger partial charge in [-0.25, -0.2) is 24.5 Å². The van der Waals surface area contributed by atoms with Crippen molar-refractivity contribution in [3.05, 3.63) is 75.0 Å². The Hall–Kier alpha value is -5.99. The Morgan fingerprint density at radius 2 is 1.51 bits per heavy atom. The van der Waals surface area contributed by atoms with Gasteiger partial charge in [-0.05, 0) is 42.2 Å². The van der Waals surface area contributed by atoms with Gasteiger partial charge in [0, 0.05) is 48.9 Å². The van der Waals surface area contributed by atoms with Gasteiger partial charge in [0.2, 0.25) is 11.6 Å². The molecule has 0 unspecified atom stereocenters. The highest BCUT2D eigenvalue weighted by Crippen LogP contribution is 2.38. The summed E-state index contributed by atoms with van der Waals surface area (Å²) in [7, 11) is 1.71. The molecule has 4 N–H and O–H groups in total. The lowest BCUT2D eigenvalue weighted by Crippen LogP contribution is -2.31. The number of nitrogens with one attached hydrogen (secondary N) is 2. The van der Waals surface area contributed by atoms with Crippen LogP contribution in [0.4, 0.5) is 17.3 Å². The summed E-state index contributed by atoms with van der Waals surface area (Å²) in [5.41, 5.74) is 1.81. The summed E-state index contributed by atoms with van der Waals surface area (Å²) in [6.45, 7) is 5.18. The maximum Gasteiger partial charge on any atom is 0.379 e. The maximum absolute atomic E-state index is 13.6. The van der Waals surface area contributed by atoms with Crippen LogP contribution in [0.2, 0.25) is 0 Å². The highest BCUT2D eigenvalue weighted by atomic mass is 32.1. The lowest BCUT2D eigenvalue weighted by molar-refractivity contribution is -0.592. The third-order valence-corrected chi connectivity index (χ3v) is 11.4. The number of hydrogen-bond donors (Lipinski definition) is 4. The van der Waals surface area contributed by atoms with Crippen LogP contribution in [0.3, 0.4) is 0 Å². The average molecular weight is 773 g/mol. The summed E-state index contributed by atoms with van der Waals surface area (Å²) in [6, 6.07) is 0. The lowest BCUT2D eigenvalue weighted by Gasteiger charge is -2.26. The zero-order chi connectivity index (χ0) is 37.4. The quantitative estimate of drug-likeness (QED) is 0.139. The first-order chi connectivity index (χ1) is 25.5. The molecule has 1 aliphatic rings. The topological polar surface area (TPSA) is 222 Å². The molecule has 0 radical (unpaired) electrons. The van der Waals surface area contributed by atoms with Crippen molar-refractivity contribution in [2.24, 2.45) is 7.05 Å². The number of piperidine rings is 1. The number of nitrogens with zero attached hydrogens (tertiary/aromatic N) is 9. The summed E-state index contributed by atoms with van der Waals surface area (Å²) < 4.78 is 2.96. The van der Waals surface area contributed by atoms with Crippen LogP contribution >= 0.6 is 34.2 Å². The minimum atomic E-state index is -1.28. The number of anilines is 3. The smallest absolute Gasteiger partial charge is 0.379 e. The lowest BCUT2D eigenvalue weighted by atomic mass is 10.1. The molecule has 53 heavy (non-hydrogen) atoms. The second-order valence-corrected chi connectivity index (χ2v) is 14.7. The number of aryl methyl sites for hydroxylation is 3. The average Bonchev–Trinajstić information content (AvgIpc) is 3.95. The molecular weight excluding hydrogens is 743 g/mol. The van der Waals surface area contributed by atoms with Crippen LogP contribution in [0.5, 0.6) is 0 Å². The number of amides is 2. The van der Waals surface area contributed by atoms with Crippen molar-refractivity contribution in [3.63, 3.8) is 0 Å². The second-order valence-electron chi connectivity index (χ2n) is 12.0. The van der Waals surface area contributed by atoms with Crippen LogP contribution in [0.25, 0.3) is 26.8 Å². The zero-order valence-electron chi connectivity index (χ0n) is 28.4. The number of rotatable bonds is 10. The van der Waals surface area contributed by atoms with E-state index in [4.69, 9.17) is 0 Å². The van der Waals surface area contributed by atoms with Gasteiger partial charge in [0.15, 0.2) is 4.88 Å². The van der Waals surface area contributed by atoms with Gasteiger partial charge in [-0.2, -0.15) is 0 Å². The van der Waals surface area contributed by atoms with Gasteiger partial charge < -0.3 is 30.3 Å². The summed E-state index contributed by atoms with van der Waals surface area (Å²) in [4.78, 5) is 76.2. The van der Waals surface area contributed by atoms with Crippen LogP contribution in [0.1, 0.15) is 71.5 Å². The van der Waals surface area contributed by atoms with Gasteiger partial charge in [-0.3, -0.25) is 14.6 Å². The van der Waals surface area contributed by atoms with Crippen molar-refractivity contribution < 1.29 is 33.5 Å². The minimum absolute atomic E-state index is 0.0739. The Labute approximate surface area is 312 Å². The Morgan fingerprint density at radius 1 is 0.830 bits per heavy atom. The maximum atomic E-state index is 13.6. The molecule has 20 heteroatoms. The number of imidazole rings is 1. The van der Waals surface area contributed by atoms with E-state index in [0.29, 0.717) is 27.8 Å². The fourth-order valence-electron chi connectivity index (χ4n) is 5.75. The number of aromatic nitrogens is 8. The molecular formula is C33H30N11O6S3+. The monoisotopic (exact) mass is 772 g/mol. The first kappa shape index (κ1) is 35.4. The van der Waals surface area contributed by atoms with Crippen molar-refractivity contribution in [1.29, 1.82) is 0 Å². The van der Waals surface area contributed by atoms with E-state index in [1.807, 2.05) is 6.92 Å². The Balaban J connectivity index is 1.12. The molecule has 7 rings (SSSR count). The van der Waals surface area contributed by atoms with Crippen molar-refractivity contribution in [1.82, 2.24) is 34.6 Å². The summed E-state index contributed by atoms with van der Waals surface area (Å²) in [6.07, 6.45) is 10.7. The van der Waals surface area contributed by atoms with Gasteiger partial charge in [-0.1, -0.05) is 5.10 Å². The molecule has 0 saturated carbocycles. The summed E-state index contributed by atoms with van der Waals surface area (Å²) in [5, 5.41) is 33.1. The van der Waals surface area contributed by atoms with Gasteiger partial charge in [0.1, 0.15) is 28.7 Å². The highest BCUT2D eigenvalue weighted by molar-refractivity contribution is 7.15. The molecule has 0 bridgehead atoms. The fraction of sp³-hybridized carbons (Fsp3) is 0.242. The van der Waals surface area contributed by atoms with Gasteiger partial charge >= 0.3 is 17.8 Å². The van der Waals surface area contributed by atoms with E-state index >= 15 is 0 Å². The van der Waals surface area contributed by atoms with E-state index in [0.717, 1.165) is 48.8 Å². The predicted molar refractivity (Wildman–Crippen MR) is 196 cm³/mol. The molecule has 0 aromatic carbocycles. The van der Waals surface area contributed by atoms with Crippen molar-refractivity contribution in [2.75, 3.05) is 28.6 Å². The Bertz CT molecular complexity index is 2410. The van der Waals surface area contributed by atoms with E-state index in [9.17, 15) is 29.4 Å². The van der Waals surface area contributed by atoms with Crippen LogP contribution < -0.4 is 19.6 Å². The molecule has 0 spiro atoms. The standard InChI is InChI=1S/C33H29N11O6S3/c1-16-18(9-35-33(37-16)43-7-5-4-6-8-43)27-24(31(47)48)21(13-51-27)40-30(46)26-17(2)41-44(53-26)23-11-34-10-19(38-23)28-25(32(49)50)22(14-52-28)39-29(45)20-12-42(3)15-36-20/h9-15H,4-8H2,1-3H3,(H3-,39,40,45,46,47,48,49,50)/p+1. The predicted octanol–water partition coefficient (Wildman–Crippen LogP) is 4.70. The van der Waals surface area contributed by atoms with Crippen LogP contribution in [-0.2, 0) is 7.05 Å². The van der Waals surface area contributed by atoms with Crippen LogP contribution in [0.15, 0.2) is 41.9 Å². The molecule has 0 atom stereocenters. The van der Waals surface area contributed by atoms with Gasteiger partial charge in [-0.15, -0.1) is 22.7 Å². The van der Waals surface area contributed by atoms with Crippen molar-refractivity contribution in [2.45, 2.75) is 33.1 Å². The normalized spacial score (nSPS) is 12.8. The van der Waals surface area contributed by atoms with Gasteiger partial charge in [0.25, 0.3) is 11.8 Å². The SMILES string of the molecule is Cc1nc(N2CCCCC2)ncc1-c1scc(NC(=O)c2s[n+](-c3cncc(-c4scc(NC(=O)c5cn(C)cn5)c4C(=O)O)n3)nc2C)c1C(=O)O. The number of carbonyl (C=O) groups is 4. The van der Waals surface area contributed by atoms with E-state index in [2.05, 4.69) is 45.6 Å². The number of thiophene rings is 2. The van der Waals surface area contributed by atoms with Gasteiger partial charge in [0.05, 0.1) is 50.9 Å². The minimum Gasteiger partial charge on any atom is -0.478 e. The van der Waals surface area contributed by atoms with E-state index in [1.165, 1.54) is 52.1 Å². The van der Waals surface area contributed by atoms with Crippen molar-refractivity contribution in [3.8, 4) is 26.8 Å². The summed E-state index contributed by atoms with van der Waals surface area (Å²) >= 11 is 3.18.